The molecule has 0 aliphatic carbocycles. The van der Waals surface area contributed by atoms with Crippen LogP contribution >= 0.6 is 0 Å². The Balaban J connectivity index is 2.21. The van der Waals surface area contributed by atoms with Crippen molar-refractivity contribution >= 4 is 16.9 Å². The molecule has 21 heavy (non-hydrogen) atoms. The fraction of sp³-hybridized carbons (Fsp3) is 0.0625. The van der Waals surface area contributed by atoms with Crippen LogP contribution in [0.1, 0.15) is 11.6 Å². The molecule has 1 unspecified atom stereocenters. The van der Waals surface area contributed by atoms with Crippen LogP contribution in [0, 0.1) is 5.82 Å². The summed E-state index contributed by atoms with van der Waals surface area (Å²) in [5.74, 6) is -1.70. The summed E-state index contributed by atoms with van der Waals surface area (Å²) < 4.78 is 13.7. The molecule has 1 aromatic heterocycles. The summed E-state index contributed by atoms with van der Waals surface area (Å²) in [6, 6.07) is 12.5. The second-order valence-electron chi connectivity index (χ2n) is 4.82. The van der Waals surface area contributed by atoms with E-state index in [0.717, 1.165) is 17.3 Å². The van der Waals surface area contributed by atoms with Crippen LogP contribution in [-0.4, -0.2) is 16.1 Å². The predicted octanol–water partition coefficient (Wildman–Crippen LogP) is 3.06. The lowest BCUT2D eigenvalue weighted by Crippen LogP contribution is -2.21. The van der Waals surface area contributed by atoms with Gasteiger partial charge in [0, 0.05) is 16.6 Å². The predicted molar refractivity (Wildman–Crippen MR) is 78.3 cm³/mol. The number of aliphatic carboxylic acids is 1. The summed E-state index contributed by atoms with van der Waals surface area (Å²) in [6.45, 7) is 0. The molecule has 0 bridgehead atoms. The van der Waals surface area contributed by atoms with Gasteiger partial charge in [0.2, 0.25) is 0 Å². The summed E-state index contributed by atoms with van der Waals surface area (Å²) in [5.41, 5.74) is 8.14. The van der Waals surface area contributed by atoms with E-state index in [4.69, 9.17) is 10.8 Å². The Kier molecular flexibility index (Phi) is 3.19. The van der Waals surface area contributed by atoms with Crippen molar-refractivity contribution in [2.45, 2.75) is 6.04 Å². The smallest absolute Gasteiger partial charge is 0.325 e. The van der Waals surface area contributed by atoms with Gasteiger partial charge < -0.3 is 15.8 Å². The average Bonchev–Trinajstić information content (AvgIpc) is 2.90. The number of carboxylic acids is 1. The number of aromatic amines is 1. The van der Waals surface area contributed by atoms with E-state index in [9.17, 15) is 9.18 Å². The molecule has 1 heterocycles. The van der Waals surface area contributed by atoms with E-state index in [1.807, 2.05) is 30.3 Å². The zero-order valence-electron chi connectivity index (χ0n) is 11.0. The molecule has 0 amide bonds. The maximum absolute atomic E-state index is 13.7. The van der Waals surface area contributed by atoms with Crippen molar-refractivity contribution in [2.75, 3.05) is 0 Å². The van der Waals surface area contributed by atoms with E-state index in [1.54, 1.807) is 6.07 Å². The minimum Gasteiger partial charge on any atom is -0.480 e. The number of H-pyrrole nitrogens is 1. The largest absolute Gasteiger partial charge is 0.480 e. The first kappa shape index (κ1) is 13.3. The minimum absolute atomic E-state index is 0.236. The SMILES string of the molecule is NC(C(=O)O)c1cc(F)cc2cc(-c3ccccc3)[nH]c12. The zero-order chi connectivity index (χ0) is 15.0. The molecule has 0 saturated carbocycles. The average molecular weight is 284 g/mol. The first-order valence-corrected chi connectivity index (χ1v) is 6.42. The summed E-state index contributed by atoms with van der Waals surface area (Å²) in [4.78, 5) is 14.2. The highest BCUT2D eigenvalue weighted by Gasteiger charge is 2.20. The third-order valence-electron chi connectivity index (χ3n) is 3.41. The first-order valence-electron chi connectivity index (χ1n) is 6.42. The molecule has 2 aromatic carbocycles. The Morgan fingerprint density at radius 3 is 2.57 bits per heavy atom. The number of nitrogens with two attached hydrogens (primary N) is 1. The molecule has 0 aliphatic heterocycles. The summed E-state index contributed by atoms with van der Waals surface area (Å²) in [5, 5.41) is 9.65. The molecule has 3 aromatic rings. The van der Waals surface area contributed by atoms with Crippen molar-refractivity contribution in [1.29, 1.82) is 0 Å². The van der Waals surface area contributed by atoms with Gasteiger partial charge in [0.25, 0.3) is 0 Å². The van der Waals surface area contributed by atoms with Crippen LogP contribution in [-0.2, 0) is 4.79 Å². The Bertz CT molecular complexity index is 812. The molecule has 4 nitrogen and oxygen atoms in total. The van der Waals surface area contributed by atoms with Gasteiger partial charge in [-0.3, -0.25) is 4.79 Å². The number of carbonyl (C=O) groups is 1. The number of carboxylic acid groups (broad SMARTS) is 1. The number of benzene rings is 2. The highest BCUT2D eigenvalue weighted by molar-refractivity contribution is 5.91. The zero-order valence-corrected chi connectivity index (χ0v) is 11.0. The van der Waals surface area contributed by atoms with Gasteiger partial charge in [-0.25, -0.2) is 4.39 Å². The fourth-order valence-electron chi connectivity index (χ4n) is 2.39. The van der Waals surface area contributed by atoms with E-state index in [1.165, 1.54) is 6.07 Å². The van der Waals surface area contributed by atoms with Gasteiger partial charge in [-0.15, -0.1) is 0 Å². The van der Waals surface area contributed by atoms with Crippen LogP contribution in [0.15, 0.2) is 48.5 Å². The topological polar surface area (TPSA) is 79.1 Å². The van der Waals surface area contributed by atoms with Crippen LogP contribution in [0.4, 0.5) is 4.39 Å². The van der Waals surface area contributed by atoms with Crippen molar-refractivity contribution in [1.82, 2.24) is 4.98 Å². The van der Waals surface area contributed by atoms with Gasteiger partial charge in [0.15, 0.2) is 0 Å². The van der Waals surface area contributed by atoms with Gasteiger partial charge in [-0.05, 0) is 23.8 Å². The summed E-state index contributed by atoms with van der Waals surface area (Å²) >= 11 is 0. The maximum atomic E-state index is 13.7. The maximum Gasteiger partial charge on any atom is 0.325 e. The van der Waals surface area contributed by atoms with Crippen molar-refractivity contribution < 1.29 is 14.3 Å². The van der Waals surface area contributed by atoms with Crippen molar-refractivity contribution in [2.24, 2.45) is 5.73 Å². The third kappa shape index (κ3) is 2.39. The molecule has 1 atom stereocenters. The first-order chi connectivity index (χ1) is 10.1. The molecule has 4 N–H and O–H groups in total. The third-order valence-corrected chi connectivity index (χ3v) is 3.41. The van der Waals surface area contributed by atoms with Gasteiger partial charge in [-0.2, -0.15) is 0 Å². The Hall–Kier alpha value is -2.66. The normalized spacial score (nSPS) is 12.5. The van der Waals surface area contributed by atoms with Crippen molar-refractivity contribution in [3.05, 3.63) is 59.9 Å². The van der Waals surface area contributed by atoms with Crippen LogP contribution < -0.4 is 5.73 Å². The lowest BCUT2D eigenvalue weighted by molar-refractivity contribution is -0.138. The molecule has 0 aliphatic rings. The van der Waals surface area contributed by atoms with Crippen molar-refractivity contribution in [3.63, 3.8) is 0 Å². The molecular weight excluding hydrogens is 271 g/mol. The van der Waals surface area contributed by atoms with Crippen LogP contribution in [0.25, 0.3) is 22.2 Å². The summed E-state index contributed by atoms with van der Waals surface area (Å²) in [6.07, 6.45) is 0. The molecule has 5 heteroatoms. The second-order valence-corrected chi connectivity index (χ2v) is 4.82. The molecule has 0 fully saturated rings. The second kappa shape index (κ2) is 5.03. The van der Waals surface area contributed by atoms with E-state index >= 15 is 0 Å². The van der Waals surface area contributed by atoms with Gasteiger partial charge >= 0.3 is 5.97 Å². The number of halogens is 1. The van der Waals surface area contributed by atoms with Crippen LogP contribution in [0.2, 0.25) is 0 Å². The molecule has 106 valence electrons. The van der Waals surface area contributed by atoms with E-state index in [0.29, 0.717) is 10.9 Å². The lowest BCUT2D eigenvalue weighted by atomic mass is 10.0. The number of fused-ring (bicyclic) bond motifs is 1. The van der Waals surface area contributed by atoms with Gasteiger partial charge in [0.05, 0.1) is 5.52 Å². The summed E-state index contributed by atoms with van der Waals surface area (Å²) in [7, 11) is 0. The van der Waals surface area contributed by atoms with Gasteiger partial charge in [0.1, 0.15) is 11.9 Å². The number of nitrogens with one attached hydrogen (secondary N) is 1. The molecule has 0 saturated heterocycles. The van der Waals surface area contributed by atoms with E-state index in [-0.39, 0.29) is 5.56 Å². The van der Waals surface area contributed by atoms with Crippen molar-refractivity contribution in [3.8, 4) is 11.3 Å². The highest BCUT2D eigenvalue weighted by Crippen LogP contribution is 2.29. The Morgan fingerprint density at radius 2 is 1.90 bits per heavy atom. The molecule has 0 radical (unpaired) electrons. The minimum atomic E-state index is -1.27. The molecule has 0 spiro atoms. The lowest BCUT2D eigenvalue weighted by Gasteiger charge is -2.08. The fourth-order valence-corrected chi connectivity index (χ4v) is 2.39. The van der Waals surface area contributed by atoms with Gasteiger partial charge in [-0.1, -0.05) is 30.3 Å². The molecule has 3 rings (SSSR count). The Morgan fingerprint density at radius 1 is 1.19 bits per heavy atom. The number of aromatic nitrogens is 1. The van der Waals surface area contributed by atoms with Crippen LogP contribution in [0.3, 0.4) is 0 Å². The Labute approximate surface area is 120 Å². The van der Waals surface area contributed by atoms with E-state index < -0.39 is 17.8 Å². The van der Waals surface area contributed by atoms with E-state index in [2.05, 4.69) is 4.98 Å². The molecular formula is C16H13FN2O2. The monoisotopic (exact) mass is 284 g/mol. The number of hydrogen-bond acceptors (Lipinski definition) is 2. The highest BCUT2D eigenvalue weighted by atomic mass is 19.1. The standard InChI is InChI=1S/C16H13FN2O2/c17-11-6-10-7-13(9-4-2-1-3-5-9)19-15(10)12(8-11)14(18)16(20)21/h1-8,14,19H,18H2,(H,20,21). The number of hydrogen-bond donors (Lipinski definition) is 3. The quantitative estimate of drug-likeness (QED) is 0.691. The van der Waals surface area contributed by atoms with Crippen LogP contribution in [0.5, 0.6) is 0 Å². The number of rotatable bonds is 3.